The van der Waals surface area contributed by atoms with Gasteiger partial charge in [-0.25, -0.2) is 9.97 Å². The predicted octanol–water partition coefficient (Wildman–Crippen LogP) is 4.86. The van der Waals surface area contributed by atoms with Gasteiger partial charge in [0.1, 0.15) is 16.4 Å². The van der Waals surface area contributed by atoms with Crippen LogP contribution in [0.5, 0.6) is 0 Å². The summed E-state index contributed by atoms with van der Waals surface area (Å²) in [5.41, 5.74) is 8.14. The molecule has 0 aliphatic rings. The van der Waals surface area contributed by atoms with Crippen LogP contribution in [-0.2, 0) is 12.3 Å². The number of anilines is 1. The lowest BCUT2D eigenvalue weighted by Crippen LogP contribution is -2.18. The first-order chi connectivity index (χ1) is 13.6. The fourth-order valence-corrected chi connectivity index (χ4v) is 4.02. The molecule has 0 unspecified atom stereocenters. The molecular weight excluding hydrogens is 412 g/mol. The summed E-state index contributed by atoms with van der Waals surface area (Å²) in [6.45, 7) is 0.491. The molecule has 0 radical (unpaired) electrons. The van der Waals surface area contributed by atoms with E-state index < -0.39 is 5.91 Å². The van der Waals surface area contributed by atoms with Crippen molar-refractivity contribution >= 4 is 46.8 Å². The molecule has 1 amide bonds. The summed E-state index contributed by atoms with van der Waals surface area (Å²) < 4.78 is 0. The molecule has 8 heteroatoms. The van der Waals surface area contributed by atoms with Crippen LogP contribution in [0.4, 0.5) is 5.82 Å². The van der Waals surface area contributed by atoms with Crippen LogP contribution >= 0.6 is 35.1 Å². The molecule has 0 aliphatic carbocycles. The Morgan fingerprint density at radius 1 is 1.07 bits per heavy atom. The van der Waals surface area contributed by atoms with Gasteiger partial charge in [0.15, 0.2) is 5.16 Å². The van der Waals surface area contributed by atoms with Gasteiger partial charge in [0.05, 0.1) is 0 Å². The van der Waals surface area contributed by atoms with Crippen molar-refractivity contribution in [2.45, 2.75) is 22.5 Å². The monoisotopic (exact) mass is 430 g/mol. The fraction of sp³-hybridized carbons (Fsp3) is 0.150. The Bertz CT molecular complexity index is 952. The molecule has 0 saturated heterocycles. The van der Waals surface area contributed by atoms with E-state index in [0.29, 0.717) is 38.9 Å². The maximum Gasteiger partial charge on any atom is 0.255 e. The lowest BCUT2D eigenvalue weighted by atomic mass is 10.2. The van der Waals surface area contributed by atoms with Crippen molar-refractivity contribution in [2.75, 3.05) is 11.6 Å². The highest BCUT2D eigenvalue weighted by atomic mass is 35.5. The van der Waals surface area contributed by atoms with E-state index in [1.54, 1.807) is 0 Å². The van der Waals surface area contributed by atoms with Crippen LogP contribution in [-0.4, -0.2) is 22.1 Å². The number of carbonyl (C=O) groups excluding carboxylic acids is 1. The van der Waals surface area contributed by atoms with Gasteiger partial charge in [-0.3, -0.25) is 4.79 Å². The largest absolute Gasteiger partial charge is 0.365 e. The number of nitrogens with two attached hydrogens (primary N) is 1. The van der Waals surface area contributed by atoms with E-state index in [4.69, 9.17) is 17.3 Å². The molecule has 0 aliphatic heterocycles. The van der Waals surface area contributed by atoms with E-state index in [1.165, 1.54) is 23.5 Å². The zero-order chi connectivity index (χ0) is 19.9. The van der Waals surface area contributed by atoms with Crippen LogP contribution in [0, 0.1) is 0 Å². The van der Waals surface area contributed by atoms with Gasteiger partial charge in [0.25, 0.3) is 5.91 Å². The number of primary amides is 1. The standard InChI is InChI=1S/C20H19ClN4OS2/c1-27-20-24-18(23-11-13-7-9-15(21)10-8-13)16(17(22)26)19(25-20)28-12-14-5-3-2-4-6-14/h2-10H,11-12H2,1H3,(H2,22,26)(H,23,24,25). The Morgan fingerprint density at radius 3 is 2.43 bits per heavy atom. The molecular formula is C20H19ClN4OS2. The first kappa shape index (κ1) is 20.5. The molecule has 1 aromatic heterocycles. The average Bonchev–Trinajstić information content (AvgIpc) is 2.71. The van der Waals surface area contributed by atoms with Crippen molar-refractivity contribution in [3.8, 4) is 0 Å². The predicted molar refractivity (Wildman–Crippen MR) is 117 cm³/mol. The number of thioether (sulfide) groups is 2. The number of nitrogens with zero attached hydrogens (tertiary/aromatic N) is 2. The Morgan fingerprint density at radius 2 is 1.79 bits per heavy atom. The van der Waals surface area contributed by atoms with Crippen LogP contribution in [0.25, 0.3) is 0 Å². The average molecular weight is 431 g/mol. The van der Waals surface area contributed by atoms with Gasteiger partial charge >= 0.3 is 0 Å². The normalized spacial score (nSPS) is 10.6. The summed E-state index contributed by atoms with van der Waals surface area (Å²) in [6, 6.07) is 17.5. The zero-order valence-electron chi connectivity index (χ0n) is 15.2. The molecule has 144 valence electrons. The first-order valence-electron chi connectivity index (χ1n) is 8.47. The van der Waals surface area contributed by atoms with E-state index in [-0.39, 0.29) is 0 Å². The van der Waals surface area contributed by atoms with Crippen molar-refractivity contribution < 1.29 is 4.79 Å². The minimum Gasteiger partial charge on any atom is -0.365 e. The Labute approximate surface area is 177 Å². The van der Waals surface area contributed by atoms with Crippen molar-refractivity contribution in [3.05, 3.63) is 76.3 Å². The summed E-state index contributed by atoms with van der Waals surface area (Å²) in [7, 11) is 0. The zero-order valence-corrected chi connectivity index (χ0v) is 17.6. The van der Waals surface area contributed by atoms with Crippen molar-refractivity contribution in [1.82, 2.24) is 9.97 Å². The molecule has 1 heterocycles. The Balaban J connectivity index is 1.87. The van der Waals surface area contributed by atoms with E-state index in [2.05, 4.69) is 15.3 Å². The highest BCUT2D eigenvalue weighted by Crippen LogP contribution is 2.30. The van der Waals surface area contributed by atoms with E-state index in [9.17, 15) is 4.79 Å². The van der Waals surface area contributed by atoms with Crippen LogP contribution in [0.3, 0.4) is 0 Å². The van der Waals surface area contributed by atoms with E-state index >= 15 is 0 Å². The van der Waals surface area contributed by atoms with Crippen LogP contribution in [0.2, 0.25) is 5.02 Å². The number of amides is 1. The third-order valence-electron chi connectivity index (χ3n) is 3.88. The number of hydrogen-bond acceptors (Lipinski definition) is 6. The number of halogens is 1. The molecule has 0 spiro atoms. The fourth-order valence-electron chi connectivity index (χ4n) is 2.48. The van der Waals surface area contributed by atoms with Gasteiger partial charge in [-0.1, -0.05) is 65.8 Å². The minimum absolute atomic E-state index is 0.313. The summed E-state index contributed by atoms with van der Waals surface area (Å²) in [5.74, 6) is 0.571. The molecule has 3 rings (SSSR count). The van der Waals surface area contributed by atoms with Crippen molar-refractivity contribution in [1.29, 1.82) is 0 Å². The second kappa shape index (κ2) is 9.82. The molecule has 0 bridgehead atoms. The SMILES string of the molecule is CSc1nc(NCc2ccc(Cl)cc2)c(C(N)=O)c(SCc2ccccc2)n1. The van der Waals surface area contributed by atoms with Gasteiger partial charge in [0.2, 0.25) is 0 Å². The molecule has 0 saturated carbocycles. The second-order valence-electron chi connectivity index (χ2n) is 5.86. The van der Waals surface area contributed by atoms with Crippen LogP contribution in [0.1, 0.15) is 21.5 Å². The van der Waals surface area contributed by atoms with E-state index in [1.807, 2.05) is 60.9 Å². The molecule has 3 aromatic rings. The van der Waals surface area contributed by atoms with Gasteiger partial charge in [0, 0.05) is 17.3 Å². The lowest BCUT2D eigenvalue weighted by molar-refractivity contribution is 0.0997. The molecule has 5 nitrogen and oxygen atoms in total. The molecule has 2 aromatic carbocycles. The van der Waals surface area contributed by atoms with Crippen LogP contribution < -0.4 is 11.1 Å². The van der Waals surface area contributed by atoms with Crippen molar-refractivity contribution in [3.63, 3.8) is 0 Å². The molecule has 0 atom stereocenters. The Kier molecular flexibility index (Phi) is 7.19. The lowest BCUT2D eigenvalue weighted by Gasteiger charge is -2.14. The number of carbonyl (C=O) groups is 1. The summed E-state index contributed by atoms with van der Waals surface area (Å²) in [6.07, 6.45) is 1.90. The smallest absolute Gasteiger partial charge is 0.255 e. The summed E-state index contributed by atoms with van der Waals surface area (Å²) >= 11 is 8.82. The number of hydrogen-bond donors (Lipinski definition) is 2. The summed E-state index contributed by atoms with van der Waals surface area (Å²) in [4.78, 5) is 21.1. The van der Waals surface area contributed by atoms with Gasteiger partial charge < -0.3 is 11.1 Å². The molecule has 0 fully saturated rings. The number of nitrogens with one attached hydrogen (secondary N) is 1. The third kappa shape index (κ3) is 5.41. The Hall–Kier alpha value is -2.22. The first-order valence-corrected chi connectivity index (χ1v) is 11.1. The minimum atomic E-state index is -0.554. The number of benzene rings is 2. The van der Waals surface area contributed by atoms with E-state index in [0.717, 1.165) is 11.1 Å². The molecule has 3 N–H and O–H groups in total. The highest BCUT2D eigenvalue weighted by Gasteiger charge is 2.19. The molecule has 28 heavy (non-hydrogen) atoms. The summed E-state index contributed by atoms with van der Waals surface area (Å²) in [5, 5.41) is 5.06. The maximum absolute atomic E-state index is 12.2. The van der Waals surface area contributed by atoms with Crippen LogP contribution in [0.15, 0.2) is 64.8 Å². The topological polar surface area (TPSA) is 80.9 Å². The second-order valence-corrected chi connectivity index (χ2v) is 8.03. The highest BCUT2D eigenvalue weighted by molar-refractivity contribution is 7.99. The van der Waals surface area contributed by atoms with Gasteiger partial charge in [-0.05, 0) is 29.5 Å². The van der Waals surface area contributed by atoms with Gasteiger partial charge in [-0.15, -0.1) is 11.8 Å². The number of aromatic nitrogens is 2. The third-order valence-corrected chi connectivity index (χ3v) is 5.72. The number of rotatable bonds is 8. The quantitative estimate of drug-likeness (QED) is 0.302. The van der Waals surface area contributed by atoms with Gasteiger partial charge in [-0.2, -0.15) is 0 Å². The maximum atomic E-state index is 12.2. The van der Waals surface area contributed by atoms with Crippen molar-refractivity contribution in [2.24, 2.45) is 5.73 Å².